The van der Waals surface area contributed by atoms with Crippen LogP contribution in [0.2, 0.25) is 0 Å². The van der Waals surface area contributed by atoms with Gasteiger partial charge >= 0.3 is 0 Å². The van der Waals surface area contributed by atoms with E-state index >= 15 is 0 Å². The fourth-order valence-electron chi connectivity index (χ4n) is 3.10. The molecule has 2 heterocycles. The first-order valence-electron chi connectivity index (χ1n) is 7.78. The van der Waals surface area contributed by atoms with Crippen LogP contribution in [0.3, 0.4) is 0 Å². The van der Waals surface area contributed by atoms with E-state index in [0.717, 1.165) is 24.9 Å². The summed E-state index contributed by atoms with van der Waals surface area (Å²) in [5.41, 5.74) is 1.68. The van der Waals surface area contributed by atoms with Crippen molar-refractivity contribution in [2.75, 3.05) is 20.8 Å². The number of hydrogen-bond acceptors (Lipinski definition) is 4. The standard InChI is InChI=1S/C18H19BrN2O3/c1-23-15-10-13(11-16(24-2)17(15)19)18(22)21-9-3-4-14(21)12-5-7-20-8-6-12/h5-8,10-11,14H,3-4,9H2,1-2H3/t14-/m1/s1. The maximum absolute atomic E-state index is 13.1. The monoisotopic (exact) mass is 390 g/mol. The molecule has 1 amide bonds. The van der Waals surface area contributed by atoms with Crippen LogP contribution in [0.4, 0.5) is 0 Å². The Kier molecular flexibility index (Phi) is 5.04. The SMILES string of the molecule is COc1cc(C(=O)N2CCC[C@@H]2c2ccncc2)cc(OC)c1Br. The average Bonchev–Trinajstić information content (AvgIpc) is 3.11. The predicted molar refractivity (Wildman–Crippen MR) is 94.5 cm³/mol. The largest absolute Gasteiger partial charge is 0.495 e. The molecule has 5 nitrogen and oxygen atoms in total. The minimum atomic E-state index is -0.0154. The van der Waals surface area contributed by atoms with Gasteiger partial charge in [-0.25, -0.2) is 0 Å². The van der Waals surface area contributed by atoms with E-state index in [-0.39, 0.29) is 11.9 Å². The summed E-state index contributed by atoms with van der Waals surface area (Å²) < 4.78 is 11.4. The second-order valence-electron chi connectivity index (χ2n) is 5.63. The number of ether oxygens (including phenoxy) is 2. The maximum Gasteiger partial charge on any atom is 0.254 e. The lowest BCUT2D eigenvalue weighted by Gasteiger charge is -2.25. The van der Waals surface area contributed by atoms with Crippen LogP contribution in [-0.2, 0) is 0 Å². The predicted octanol–water partition coefficient (Wildman–Crippen LogP) is 3.84. The molecule has 1 aromatic heterocycles. The Balaban J connectivity index is 1.93. The molecular formula is C18H19BrN2O3. The van der Waals surface area contributed by atoms with E-state index in [1.165, 1.54) is 0 Å². The Morgan fingerprint density at radius 2 is 1.83 bits per heavy atom. The lowest BCUT2D eigenvalue weighted by molar-refractivity contribution is 0.0735. The van der Waals surface area contributed by atoms with Crippen molar-refractivity contribution in [3.63, 3.8) is 0 Å². The molecule has 24 heavy (non-hydrogen) atoms. The highest BCUT2D eigenvalue weighted by molar-refractivity contribution is 9.10. The van der Waals surface area contributed by atoms with Crippen LogP contribution in [0, 0.1) is 0 Å². The van der Waals surface area contributed by atoms with Gasteiger partial charge in [-0.05, 0) is 58.6 Å². The van der Waals surface area contributed by atoms with Crippen molar-refractivity contribution in [3.05, 3.63) is 52.3 Å². The molecule has 0 N–H and O–H groups in total. The molecule has 1 aliphatic rings. The van der Waals surface area contributed by atoms with Crippen LogP contribution >= 0.6 is 15.9 Å². The smallest absolute Gasteiger partial charge is 0.254 e. The Hall–Kier alpha value is -2.08. The summed E-state index contributed by atoms with van der Waals surface area (Å²) in [6, 6.07) is 7.52. The first-order chi connectivity index (χ1) is 11.7. The minimum Gasteiger partial charge on any atom is -0.495 e. The summed E-state index contributed by atoms with van der Waals surface area (Å²) in [7, 11) is 3.15. The van der Waals surface area contributed by atoms with Crippen LogP contribution in [0.5, 0.6) is 11.5 Å². The van der Waals surface area contributed by atoms with E-state index in [4.69, 9.17) is 9.47 Å². The zero-order valence-corrected chi connectivity index (χ0v) is 15.2. The Morgan fingerprint density at radius 1 is 1.21 bits per heavy atom. The van der Waals surface area contributed by atoms with Gasteiger partial charge in [-0.1, -0.05) is 0 Å². The van der Waals surface area contributed by atoms with Gasteiger partial charge in [0.15, 0.2) is 0 Å². The highest BCUT2D eigenvalue weighted by Gasteiger charge is 2.31. The summed E-state index contributed by atoms with van der Waals surface area (Å²) in [4.78, 5) is 19.0. The van der Waals surface area contributed by atoms with Gasteiger partial charge in [0, 0.05) is 24.5 Å². The van der Waals surface area contributed by atoms with Crippen LogP contribution in [0.15, 0.2) is 41.1 Å². The van der Waals surface area contributed by atoms with Gasteiger partial charge in [-0.15, -0.1) is 0 Å². The van der Waals surface area contributed by atoms with Gasteiger partial charge in [-0.3, -0.25) is 9.78 Å². The van der Waals surface area contributed by atoms with Gasteiger partial charge in [-0.2, -0.15) is 0 Å². The molecule has 1 saturated heterocycles. The van der Waals surface area contributed by atoms with E-state index in [0.29, 0.717) is 21.5 Å². The Morgan fingerprint density at radius 3 is 2.42 bits per heavy atom. The number of hydrogen-bond donors (Lipinski definition) is 0. The highest BCUT2D eigenvalue weighted by atomic mass is 79.9. The quantitative estimate of drug-likeness (QED) is 0.795. The maximum atomic E-state index is 13.1. The highest BCUT2D eigenvalue weighted by Crippen LogP contribution is 2.38. The molecule has 0 aliphatic carbocycles. The molecule has 0 saturated carbocycles. The van der Waals surface area contributed by atoms with Crippen LogP contribution in [0.25, 0.3) is 0 Å². The number of benzene rings is 1. The normalized spacial score (nSPS) is 17.0. The van der Waals surface area contributed by atoms with Crippen LogP contribution in [-0.4, -0.2) is 36.6 Å². The zero-order valence-electron chi connectivity index (χ0n) is 13.7. The van der Waals surface area contributed by atoms with Gasteiger partial charge in [0.1, 0.15) is 16.0 Å². The molecule has 6 heteroatoms. The fraction of sp³-hybridized carbons (Fsp3) is 0.333. The second kappa shape index (κ2) is 7.21. The third kappa shape index (κ3) is 3.11. The molecule has 1 aromatic carbocycles. The summed E-state index contributed by atoms with van der Waals surface area (Å²) in [5, 5.41) is 0. The van der Waals surface area contributed by atoms with Gasteiger partial charge in [0.05, 0.1) is 20.3 Å². The van der Waals surface area contributed by atoms with Gasteiger partial charge < -0.3 is 14.4 Å². The number of pyridine rings is 1. The number of carbonyl (C=O) groups excluding carboxylic acids is 1. The van der Waals surface area contributed by atoms with E-state index < -0.39 is 0 Å². The number of aromatic nitrogens is 1. The minimum absolute atomic E-state index is 0.0154. The molecule has 0 radical (unpaired) electrons. The van der Waals surface area contributed by atoms with Crippen molar-refractivity contribution in [3.8, 4) is 11.5 Å². The summed E-state index contributed by atoms with van der Waals surface area (Å²) in [6.07, 6.45) is 5.48. The van der Waals surface area contributed by atoms with Crippen molar-refractivity contribution in [1.29, 1.82) is 0 Å². The molecule has 1 fully saturated rings. The third-order valence-corrected chi connectivity index (χ3v) is 5.08. The molecule has 0 bridgehead atoms. The average molecular weight is 391 g/mol. The van der Waals surface area contributed by atoms with Crippen molar-refractivity contribution >= 4 is 21.8 Å². The summed E-state index contributed by atoms with van der Waals surface area (Å²) in [5.74, 6) is 1.15. The van der Waals surface area contributed by atoms with E-state index in [2.05, 4.69) is 20.9 Å². The second-order valence-corrected chi connectivity index (χ2v) is 6.42. The summed E-state index contributed by atoms with van der Waals surface area (Å²) >= 11 is 3.44. The Bertz CT molecular complexity index is 711. The van der Waals surface area contributed by atoms with E-state index in [9.17, 15) is 4.79 Å². The number of rotatable bonds is 4. The molecule has 3 rings (SSSR count). The van der Waals surface area contributed by atoms with E-state index in [1.807, 2.05) is 17.0 Å². The number of methoxy groups -OCH3 is 2. The van der Waals surface area contributed by atoms with Crippen molar-refractivity contribution in [1.82, 2.24) is 9.88 Å². The topological polar surface area (TPSA) is 51.7 Å². The Labute approximate surface area is 149 Å². The molecule has 2 aromatic rings. The molecular weight excluding hydrogens is 372 g/mol. The number of halogens is 1. The molecule has 0 unspecified atom stereocenters. The van der Waals surface area contributed by atoms with Crippen LogP contribution in [0.1, 0.15) is 34.8 Å². The number of likely N-dealkylation sites (tertiary alicyclic amines) is 1. The number of carbonyl (C=O) groups is 1. The molecule has 126 valence electrons. The number of nitrogens with zero attached hydrogens (tertiary/aromatic N) is 2. The van der Waals surface area contributed by atoms with Crippen molar-refractivity contribution in [2.24, 2.45) is 0 Å². The molecule has 1 aliphatic heterocycles. The lowest BCUT2D eigenvalue weighted by atomic mass is 10.1. The van der Waals surface area contributed by atoms with Crippen molar-refractivity contribution < 1.29 is 14.3 Å². The number of amides is 1. The molecule has 1 atom stereocenters. The zero-order chi connectivity index (χ0) is 17.1. The van der Waals surface area contributed by atoms with Crippen LogP contribution < -0.4 is 9.47 Å². The summed E-state index contributed by atoms with van der Waals surface area (Å²) in [6.45, 7) is 0.743. The fourth-order valence-corrected chi connectivity index (χ4v) is 3.65. The van der Waals surface area contributed by atoms with E-state index in [1.54, 1.807) is 38.7 Å². The third-order valence-electron chi connectivity index (χ3n) is 4.30. The molecule has 0 spiro atoms. The van der Waals surface area contributed by atoms with Crippen molar-refractivity contribution in [2.45, 2.75) is 18.9 Å². The van der Waals surface area contributed by atoms with Gasteiger partial charge in [0.25, 0.3) is 5.91 Å². The lowest BCUT2D eigenvalue weighted by Crippen LogP contribution is -2.30. The first kappa shape index (κ1) is 16.8. The first-order valence-corrected chi connectivity index (χ1v) is 8.57. The van der Waals surface area contributed by atoms with Gasteiger partial charge in [0.2, 0.25) is 0 Å².